The number of hydrogen-bond donors (Lipinski definition) is 1. The van der Waals surface area contributed by atoms with Gasteiger partial charge in [-0.05, 0) is 35.4 Å². The van der Waals surface area contributed by atoms with Crippen LogP contribution in [-0.2, 0) is 17.9 Å². The highest BCUT2D eigenvalue weighted by molar-refractivity contribution is 5.87. The number of anilines is 1. The molecular weight excluding hydrogens is 364 g/mol. The van der Waals surface area contributed by atoms with Gasteiger partial charge in [0, 0.05) is 6.54 Å². The number of oxazole rings is 1. The summed E-state index contributed by atoms with van der Waals surface area (Å²) in [5, 5.41) is 3.12. The van der Waals surface area contributed by atoms with Crippen molar-refractivity contribution in [2.45, 2.75) is 51.2 Å². The Morgan fingerprint density at radius 2 is 1.76 bits per heavy atom. The number of ether oxygens (including phenoxy) is 1. The highest BCUT2D eigenvalue weighted by Gasteiger charge is 2.16. The minimum Gasteiger partial charge on any atom is -0.456 e. The molecule has 1 heterocycles. The van der Waals surface area contributed by atoms with Crippen molar-refractivity contribution in [1.82, 2.24) is 4.98 Å². The number of nitrogens with one attached hydrogen (secondary N) is 1. The van der Waals surface area contributed by atoms with Crippen molar-refractivity contribution in [3.8, 4) is 0 Å². The van der Waals surface area contributed by atoms with Gasteiger partial charge in [0.1, 0.15) is 12.9 Å². The molecule has 0 saturated heterocycles. The van der Waals surface area contributed by atoms with Crippen molar-refractivity contribution in [2.75, 3.05) is 5.32 Å². The third kappa shape index (κ3) is 5.25. The molecule has 5 nitrogen and oxygen atoms in total. The lowest BCUT2D eigenvalue weighted by Crippen LogP contribution is -2.07. The van der Waals surface area contributed by atoms with E-state index in [1.807, 2.05) is 30.3 Å². The molecule has 0 spiro atoms. The Balaban J connectivity index is 1.27. The Hall–Kier alpha value is -3.08. The summed E-state index contributed by atoms with van der Waals surface area (Å²) in [6.45, 7) is 0.798. The van der Waals surface area contributed by atoms with E-state index in [4.69, 9.17) is 9.15 Å². The number of esters is 1. The number of nitrogens with zero attached hydrogens (tertiary/aromatic N) is 1. The first-order chi connectivity index (χ1) is 14.3. The van der Waals surface area contributed by atoms with E-state index >= 15 is 0 Å². The van der Waals surface area contributed by atoms with Gasteiger partial charge in [0.15, 0.2) is 5.69 Å². The van der Waals surface area contributed by atoms with Gasteiger partial charge in [0.2, 0.25) is 0 Å². The van der Waals surface area contributed by atoms with Gasteiger partial charge >= 0.3 is 5.97 Å². The van der Waals surface area contributed by atoms with Gasteiger partial charge in [-0.3, -0.25) is 0 Å². The zero-order valence-electron chi connectivity index (χ0n) is 16.5. The molecule has 0 aliphatic heterocycles. The van der Waals surface area contributed by atoms with E-state index in [-0.39, 0.29) is 12.3 Å². The van der Waals surface area contributed by atoms with Crippen LogP contribution in [0.5, 0.6) is 0 Å². The highest BCUT2D eigenvalue weighted by Crippen LogP contribution is 2.32. The Labute approximate surface area is 171 Å². The average Bonchev–Trinajstić information content (AvgIpc) is 3.27. The van der Waals surface area contributed by atoms with E-state index in [9.17, 15) is 4.79 Å². The van der Waals surface area contributed by atoms with Crippen LogP contribution in [0.2, 0.25) is 0 Å². The molecule has 1 fully saturated rings. The first-order valence-electron chi connectivity index (χ1n) is 10.3. The van der Waals surface area contributed by atoms with Crippen LogP contribution < -0.4 is 5.32 Å². The molecule has 0 atom stereocenters. The summed E-state index contributed by atoms with van der Waals surface area (Å²) in [5.41, 5.74) is 3.68. The van der Waals surface area contributed by atoms with Crippen molar-refractivity contribution in [3.05, 3.63) is 83.2 Å². The third-order valence-corrected chi connectivity index (χ3v) is 5.43. The fourth-order valence-corrected chi connectivity index (χ4v) is 3.77. The Morgan fingerprint density at radius 1 is 1.00 bits per heavy atom. The molecule has 1 N–H and O–H groups in total. The van der Waals surface area contributed by atoms with E-state index in [2.05, 4.69) is 34.6 Å². The average molecular weight is 390 g/mol. The third-order valence-electron chi connectivity index (χ3n) is 5.43. The van der Waals surface area contributed by atoms with Gasteiger partial charge in [-0.15, -0.1) is 0 Å². The molecule has 1 saturated carbocycles. The van der Waals surface area contributed by atoms with Gasteiger partial charge in [-0.1, -0.05) is 73.9 Å². The summed E-state index contributed by atoms with van der Waals surface area (Å²) in [5.74, 6) is 0.212. The van der Waals surface area contributed by atoms with Crippen LogP contribution in [0.25, 0.3) is 0 Å². The number of aromatic nitrogens is 1. The molecule has 1 aliphatic carbocycles. The molecule has 150 valence electrons. The molecule has 4 rings (SSSR count). The number of hydrogen-bond acceptors (Lipinski definition) is 5. The molecule has 5 heteroatoms. The lowest BCUT2D eigenvalue weighted by molar-refractivity contribution is 0.0465. The second kappa shape index (κ2) is 9.41. The summed E-state index contributed by atoms with van der Waals surface area (Å²) in [7, 11) is 0. The minimum absolute atomic E-state index is 0.163. The zero-order chi connectivity index (χ0) is 19.9. The second-order valence-corrected chi connectivity index (χ2v) is 7.53. The van der Waals surface area contributed by atoms with Crippen LogP contribution in [-0.4, -0.2) is 11.0 Å². The molecule has 2 aromatic carbocycles. The molecule has 0 radical (unpaired) electrons. The lowest BCUT2D eigenvalue weighted by atomic mass is 9.84. The summed E-state index contributed by atoms with van der Waals surface area (Å²) >= 11 is 0. The highest BCUT2D eigenvalue weighted by atomic mass is 16.5. The normalized spacial score (nSPS) is 14.5. The maximum absolute atomic E-state index is 12.1. The van der Waals surface area contributed by atoms with Gasteiger partial charge in [-0.25, -0.2) is 4.79 Å². The van der Waals surface area contributed by atoms with E-state index in [1.165, 1.54) is 43.9 Å². The number of benzene rings is 2. The number of carbonyl (C=O) groups is 1. The quantitative estimate of drug-likeness (QED) is 0.525. The van der Waals surface area contributed by atoms with E-state index in [0.717, 1.165) is 11.1 Å². The maximum atomic E-state index is 12.1. The monoisotopic (exact) mass is 390 g/mol. The predicted molar refractivity (Wildman–Crippen MR) is 112 cm³/mol. The molecule has 1 aliphatic rings. The smallest absolute Gasteiger partial charge is 0.360 e. The Morgan fingerprint density at radius 3 is 2.52 bits per heavy atom. The van der Waals surface area contributed by atoms with Crippen LogP contribution in [0.3, 0.4) is 0 Å². The second-order valence-electron chi connectivity index (χ2n) is 7.53. The Bertz CT molecular complexity index is 913. The first kappa shape index (κ1) is 19.2. The SMILES string of the molecule is O=C(OCc1ccccc1)c1coc(NCc2ccc(C3CCCCC3)cc2)n1. The summed E-state index contributed by atoms with van der Waals surface area (Å²) in [4.78, 5) is 16.3. The van der Waals surface area contributed by atoms with Crippen LogP contribution in [0, 0.1) is 0 Å². The molecule has 1 aromatic heterocycles. The van der Waals surface area contributed by atoms with Crippen molar-refractivity contribution >= 4 is 12.0 Å². The van der Waals surface area contributed by atoms with Crippen LogP contribution in [0.1, 0.15) is 65.2 Å². The maximum Gasteiger partial charge on any atom is 0.360 e. The van der Waals surface area contributed by atoms with Gasteiger partial charge in [-0.2, -0.15) is 4.98 Å². The fraction of sp³-hybridized carbons (Fsp3) is 0.333. The predicted octanol–water partition coefficient (Wildman–Crippen LogP) is 5.69. The van der Waals surface area contributed by atoms with Crippen molar-refractivity contribution in [2.24, 2.45) is 0 Å². The van der Waals surface area contributed by atoms with E-state index in [1.54, 1.807) is 0 Å². The van der Waals surface area contributed by atoms with Crippen molar-refractivity contribution < 1.29 is 13.9 Å². The topological polar surface area (TPSA) is 64.4 Å². The van der Waals surface area contributed by atoms with Gasteiger partial charge in [0.25, 0.3) is 6.01 Å². The summed E-state index contributed by atoms with van der Waals surface area (Å²) < 4.78 is 10.6. The van der Waals surface area contributed by atoms with Crippen LogP contribution in [0.4, 0.5) is 6.01 Å². The van der Waals surface area contributed by atoms with Crippen LogP contribution >= 0.6 is 0 Å². The van der Waals surface area contributed by atoms with Crippen molar-refractivity contribution in [1.29, 1.82) is 0 Å². The lowest BCUT2D eigenvalue weighted by Gasteiger charge is -2.22. The van der Waals surface area contributed by atoms with Gasteiger partial charge in [0.05, 0.1) is 0 Å². The first-order valence-corrected chi connectivity index (χ1v) is 10.3. The standard InChI is InChI=1S/C24H26N2O3/c27-23(28-16-19-7-3-1-4-8-19)22-17-29-24(26-22)25-15-18-11-13-21(14-12-18)20-9-5-2-6-10-20/h1,3-4,7-8,11-14,17,20H,2,5-6,9-10,15-16H2,(H,25,26). The molecule has 0 unspecified atom stereocenters. The minimum atomic E-state index is -0.498. The summed E-state index contributed by atoms with van der Waals surface area (Å²) in [6.07, 6.45) is 7.98. The fourth-order valence-electron chi connectivity index (χ4n) is 3.77. The van der Waals surface area contributed by atoms with Crippen molar-refractivity contribution in [3.63, 3.8) is 0 Å². The molecular formula is C24H26N2O3. The number of rotatable bonds is 7. The van der Waals surface area contributed by atoms with Crippen LogP contribution in [0.15, 0.2) is 65.3 Å². The number of carbonyl (C=O) groups excluding carboxylic acids is 1. The molecule has 29 heavy (non-hydrogen) atoms. The molecule has 0 bridgehead atoms. The molecule has 3 aromatic rings. The summed E-state index contributed by atoms with van der Waals surface area (Å²) in [6, 6.07) is 18.6. The largest absolute Gasteiger partial charge is 0.456 e. The van der Waals surface area contributed by atoms with Gasteiger partial charge < -0.3 is 14.5 Å². The van der Waals surface area contributed by atoms with E-state index in [0.29, 0.717) is 18.5 Å². The zero-order valence-corrected chi connectivity index (χ0v) is 16.5. The van der Waals surface area contributed by atoms with E-state index < -0.39 is 5.97 Å². The molecule has 0 amide bonds. The Kier molecular flexibility index (Phi) is 6.25.